The fraction of sp³-hybridized carbons (Fsp3) is 0.938. The topological polar surface area (TPSA) is 35.5 Å². The molecule has 114 valence electrons. The van der Waals surface area contributed by atoms with E-state index in [-0.39, 0.29) is 5.97 Å². The fourth-order valence-corrected chi connectivity index (χ4v) is 1.89. The predicted octanol–water partition coefficient (Wildman–Crippen LogP) is 4.49. The van der Waals surface area contributed by atoms with Gasteiger partial charge in [-0.15, -0.1) is 0 Å². The summed E-state index contributed by atoms with van der Waals surface area (Å²) in [5.41, 5.74) is 0. The van der Waals surface area contributed by atoms with Gasteiger partial charge in [-0.05, 0) is 12.8 Å². The zero-order valence-electron chi connectivity index (χ0n) is 12.9. The molecule has 0 aromatic rings. The number of ether oxygens (including phenoxy) is 2. The second kappa shape index (κ2) is 15.5. The van der Waals surface area contributed by atoms with Gasteiger partial charge in [-0.2, -0.15) is 0 Å². The summed E-state index contributed by atoms with van der Waals surface area (Å²) in [7, 11) is 0. The van der Waals surface area contributed by atoms with Crippen molar-refractivity contribution in [3.05, 3.63) is 0 Å². The Kier molecular flexibility index (Phi) is 15.0. The lowest BCUT2D eigenvalue weighted by atomic mass is 10.1. The second-order valence-electron chi connectivity index (χ2n) is 5.06. The number of esters is 1. The Balaban J connectivity index is 3.12. The van der Waals surface area contributed by atoms with Crippen molar-refractivity contribution in [1.29, 1.82) is 0 Å². The number of carbonyl (C=O) groups excluding carboxylic acids is 1. The molecule has 0 aromatic heterocycles. The SMILES string of the molecule is CCCCCCCC(=O)OCCOCCCCCC. The molecule has 0 saturated heterocycles. The van der Waals surface area contributed by atoms with Gasteiger partial charge in [0.15, 0.2) is 0 Å². The van der Waals surface area contributed by atoms with Crippen LogP contribution >= 0.6 is 0 Å². The second-order valence-corrected chi connectivity index (χ2v) is 5.06. The summed E-state index contributed by atoms with van der Waals surface area (Å²) >= 11 is 0. The van der Waals surface area contributed by atoms with Gasteiger partial charge in [-0.3, -0.25) is 4.79 Å². The highest BCUT2D eigenvalue weighted by Gasteiger charge is 2.02. The van der Waals surface area contributed by atoms with Crippen LogP contribution in [0.3, 0.4) is 0 Å². The van der Waals surface area contributed by atoms with Gasteiger partial charge in [0.1, 0.15) is 6.61 Å². The van der Waals surface area contributed by atoms with Crippen LogP contribution in [0.15, 0.2) is 0 Å². The van der Waals surface area contributed by atoms with E-state index in [0.29, 0.717) is 19.6 Å². The van der Waals surface area contributed by atoms with E-state index in [2.05, 4.69) is 13.8 Å². The minimum absolute atomic E-state index is 0.0777. The van der Waals surface area contributed by atoms with E-state index in [1.807, 2.05) is 0 Å². The van der Waals surface area contributed by atoms with Gasteiger partial charge in [0.2, 0.25) is 0 Å². The number of rotatable bonds is 14. The van der Waals surface area contributed by atoms with Crippen LogP contribution in [0.1, 0.15) is 78.1 Å². The molecule has 0 saturated carbocycles. The Morgan fingerprint density at radius 2 is 1.37 bits per heavy atom. The first-order valence-electron chi connectivity index (χ1n) is 8.04. The highest BCUT2D eigenvalue weighted by molar-refractivity contribution is 5.69. The van der Waals surface area contributed by atoms with Crippen LogP contribution in [0.25, 0.3) is 0 Å². The highest BCUT2D eigenvalue weighted by Crippen LogP contribution is 2.05. The molecule has 0 heterocycles. The van der Waals surface area contributed by atoms with Crippen LogP contribution in [0.5, 0.6) is 0 Å². The monoisotopic (exact) mass is 272 g/mol. The third-order valence-corrected chi connectivity index (χ3v) is 3.12. The zero-order chi connectivity index (χ0) is 14.2. The first kappa shape index (κ1) is 18.4. The molecular formula is C16H32O3. The smallest absolute Gasteiger partial charge is 0.305 e. The van der Waals surface area contributed by atoms with Gasteiger partial charge in [-0.1, -0.05) is 58.8 Å². The lowest BCUT2D eigenvalue weighted by Crippen LogP contribution is -2.10. The molecule has 0 radical (unpaired) electrons. The molecule has 0 N–H and O–H groups in total. The summed E-state index contributed by atoms with van der Waals surface area (Å²) in [6.45, 7) is 6.11. The Morgan fingerprint density at radius 3 is 2.05 bits per heavy atom. The standard InChI is InChI=1S/C16H32O3/c1-3-5-7-9-10-12-16(17)19-15-14-18-13-11-8-6-4-2/h3-15H2,1-2H3. The third kappa shape index (κ3) is 15.4. The van der Waals surface area contributed by atoms with Crippen LogP contribution in [0, 0.1) is 0 Å². The molecule has 0 aromatic carbocycles. The van der Waals surface area contributed by atoms with Crippen LogP contribution in [-0.2, 0) is 14.3 Å². The Morgan fingerprint density at radius 1 is 0.737 bits per heavy atom. The molecule has 0 rings (SSSR count). The molecule has 19 heavy (non-hydrogen) atoms. The van der Waals surface area contributed by atoms with E-state index < -0.39 is 0 Å². The minimum atomic E-state index is -0.0777. The maximum absolute atomic E-state index is 11.4. The van der Waals surface area contributed by atoms with Crippen molar-refractivity contribution >= 4 is 5.97 Å². The molecule has 0 aliphatic rings. The van der Waals surface area contributed by atoms with Crippen LogP contribution in [0.4, 0.5) is 0 Å². The molecule has 0 aliphatic heterocycles. The lowest BCUT2D eigenvalue weighted by Gasteiger charge is -2.06. The molecule has 0 atom stereocenters. The maximum Gasteiger partial charge on any atom is 0.305 e. The van der Waals surface area contributed by atoms with Crippen molar-refractivity contribution in [2.24, 2.45) is 0 Å². The molecule has 3 nitrogen and oxygen atoms in total. The van der Waals surface area contributed by atoms with E-state index in [4.69, 9.17) is 9.47 Å². The van der Waals surface area contributed by atoms with Crippen LogP contribution in [-0.4, -0.2) is 25.8 Å². The van der Waals surface area contributed by atoms with Crippen molar-refractivity contribution in [2.75, 3.05) is 19.8 Å². The van der Waals surface area contributed by atoms with Gasteiger partial charge < -0.3 is 9.47 Å². The van der Waals surface area contributed by atoms with Gasteiger partial charge in [0.05, 0.1) is 6.61 Å². The van der Waals surface area contributed by atoms with E-state index >= 15 is 0 Å². The summed E-state index contributed by atoms with van der Waals surface area (Å²) in [6.07, 6.45) is 11.2. The maximum atomic E-state index is 11.4. The molecule has 0 aliphatic carbocycles. The molecule has 0 bridgehead atoms. The Labute approximate surface area is 119 Å². The summed E-state index contributed by atoms with van der Waals surface area (Å²) in [5, 5.41) is 0. The molecular weight excluding hydrogens is 240 g/mol. The van der Waals surface area contributed by atoms with Crippen molar-refractivity contribution < 1.29 is 14.3 Å². The van der Waals surface area contributed by atoms with Crippen molar-refractivity contribution in [1.82, 2.24) is 0 Å². The van der Waals surface area contributed by atoms with Crippen molar-refractivity contribution in [3.63, 3.8) is 0 Å². The largest absolute Gasteiger partial charge is 0.463 e. The lowest BCUT2D eigenvalue weighted by molar-refractivity contribution is -0.145. The molecule has 3 heteroatoms. The molecule has 0 spiro atoms. The summed E-state index contributed by atoms with van der Waals surface area (Å²) in [5.74, 6) is -0.0777. The van der Waals surface area contributed by atoms with E-state index in [1.54, 1.807) is 0 Å². The Bertz CT molecular complexity index is 192. The number of hydrogen-bond acceptors (Lipinski definition) is 3. The van der Waals surface area contributed by atoms with Gasteiger partial charge >= 0.3 is 5.97 Å². The van der Waals surface area contributed by atoms with Gasteiger partial charge in [0.25, 0.3) is 0 Å². The highest BCUT2D eigenvalue weighted by atomic mass is 16.6. The van der Waals surface area contributed by atoms with Crippen molar-refractivity contribution in [3.8, 4) is 0 Å². The van der Waals surface area contributed by atoms with E-state index in [1.165, 1.54) is 38.5 Å². The minimum Gasteiger partial charge on any atom is -0.463 e. The zero-order valence-corrected chi connectivity index (χ0v) is 12.9. The summed E-state index contributed by atoms with van der Waals surface area (Å²) in [4.78, 5) is 11.4. The van der Waals surface area contributed by atoms with E-state index in [0.717, 1.165) is 25.9 Å². The first-order chi connectivity index (χ1) is 9.31. The van der Waals surface area contributed by atoms with Crippen molar-refractivity contribution in [2.45, 2.75) is 78.1 Å². The number of carbonyl (C=O) groups is 1. The fourth-order valence-electron chi connectivity index (χ4n) is 1.89. The van der Waals surface area contributed by atoms with Crippen LogP contribution < -0.4 is 0 Å². The average Bonchev–Trinajstić information content (AvgIpc) is 2.41. The summed E-state index contributed by atoms with van der Waals surface area (Å²) in [6, 6.07) is 0. The molecule has 0 amide bonds. The summed E-state index contributed by atoms with van der Waals surface area (Å²) < 4.78 is 10.5. The number of unbranched alkanes of at least 4 members (excludes halogenated alkanes) is 7. The van der Waals surface area contributed by atoms with E-state index in [9.17, 15) is 4.79 Å². The van der Waals surface area contributed by atoms with Gasteiger partial charge in [-0.25, -0.2) is 0 Å². The van der Waals surface area contributed by atoms with Gasteiger partial charge in [0, 0.05) is 13.0 Å². The third-order valence-electron chi connectivity index (χ3n) is 3.12. The number of hydrogen-bond donors (Lipinski definition) is 0. The average molecular weight is 272 g/mol. The quantitative estimate of drug-likeness (QED) is 0.345. The molecule has 0 unspecified atom stereocenters. The van der Waals surface area contributed by atoms with Crippen LogP contribution in [0.2, 0.25) is 0 Å². The Hall–Kier alpha value is -0.570. The predicted molar refractivity (Wildman–Crippen MR) is 79.3 cm³/mol. The normalized spacial score (nSPS) is 10.6. The molecule has 0 fully saturated rings. The first-order valence-corrected chi connectivity index (χ1v) is 8.04.